The molecule has 0 bridgehead atoms. The van der Waals surface area contributed by atoms with Gasteiger partial charge in [-0.25, -0.2) is 9.67 Å². The highest BCUT2D eigenvalue weighted by Crippen LogP contribution is 2.34. The van der Waals surface area contributed by atoms with Gasteiger partial charge in [-0.3, -0.25) is 4.98 Å². The lowest BCUT2D eigenvalue weighted by Crippen LogP contribution is -2.27. The van der Waals surface area contributed by atoms with Crippen molar-refractivity contribution in [1.82, 2.24) is 29.5 Å². The number of hydrogen-bond acceptors (Lipinski definition) is 5. The highest BCUT2D eigenvalue weighted by atomic mass is 35.5. The first-order valence-corrected chi connectivity index (χ1v) is 9.89. The summed E-state index contributed by atoms with van der Waals surface area (Å²) < 4.78 is 9.98. The normalized spacial score (nSPS) is 20.2. The van der Waals surface area contributed by atoms with Gasteiger partial charge in [0.2, 0.25) is 0 Å². The second-order valence-electron chi connectivity index (χ2n) is 7.47. The van der Waals surface area contributed by atoms with Crippen LogP contribution in [0.4, 0.5) is 0 Å². The molecule has 0 spiro atoms. The van der Waals surface area contributed by atoms with Crippen molar-refractivity contribution in [3.63, 3.8) is 0 Å². The molecule has 1 fully saturated rings. The van der Waals surface area contributed by atoms with E-state index in [9.17, 15) is 0 Å². The van der Waals surface area contributed by atoms with E-state index in [1.165, 1.54) is 0 Å². The van der Waals surface area contributed by atoms with Gasteiger partial charge in [0, 0.05) is 29.3 Å². The average Bonchev–Trinajstić information content (AvgIpc) is 3.25. The van der Waals surface area contributed by atoms with E-state index >= 15 is 0 Å². The van der Waals surface area contributed by atoms with E-state index in [-0.39, 0.29) is 6.10 Å². The van der Waals surface area contributed by atoms with E-state index in [0.29, 0.717) is 17.6 Å². The van der Waals surface area contributed by atoms with Gasteiger partial charge >= 0.3 is 0 Å². The summed E-state index contributed by atoms with van der Waals surface area (Å²) in [6, 6.07) is 6.12. The largest absolute Gasteiger partial charge is 0.378 e. The van der Waals surface area contributed by atoms with Gasteiger partial charge in [-0.15, -0.1) is 5.10 Å². The Kier molecular flexibility index (Phi) is 4.29. The summed E-state index contributed by atoms with van der Waals surface area (Å²) in [5.41, 5.74) is 3.77. The maximum absolute atomic E-state index is 6.32. The van der Waals surface area contributed by atoms with Crippen molar-refractivity contribution in [1.29, 1.82) is 0 Å². The van der Waals surface area contributed by atoms with Gasteiger partial charge in [-0.05, 0) is 44.9 Å². The summed E-state index contributed by atoms with van der Waals surface area (Å²) in [5, 5.41) is 10.0. The van der Waals surface area contributed by atoms with E-state index in [4.69, 9.17) is 21.3 Å². The van der Waals surface area contributed by atoms with E-state index in [0.717, 1.165) is 52.9 Å². The zero-order chi connectivity index (χ0) is 19.3. The Labute approximate surface area is 167 Å². The lowest BCUT2D eigenvalue weighted by Gasteiger charge is -2.30. The summed E-state index contributed by atoms with van der Waals surface area (Å²) in [6.07, 6.45) is 5.89. The SMILES string of the molecule is Cc1cn(Cc2nc3cnc4ccc(Cl)cc4c3n2[C@@H]2CCO[C@H](C)C2)nn1. The van der Waals surface area contributed by atoms with Crippen LogP contribution in [-0.4, -0.2) is 42.2 Å². The molecule has 4 heterocycles. The molecule has 5 rings (SSSR count). The van der Waals surface area contributed by atoms with Crippen molar-refractivity contribution in [2.24, 2.45) is 0 Å². The van der Waals surface area contributed by atoms with Crippen LogP contribution in [0.2, 0.25) is 5.02 Å². The Morgan fingerprint density at radius 1 is 1.29 bits per heavy atom. The third-order valence-corrected chi connectivity index (χ3v) is 5.57. The fourth-order valence-electron chi connectivity index (χ4n) is 4.13. The smallest absolute Gasteiger partial charge is 0.132 e. The van der Waals surface area contributed by atoms with Crippen LogP contribution in [0, 0.1) is 6.92 Å². The molecule has 144 valence electrons. The molecule has 0 unspecified atom stereocenters. The standard InChI is InChI=1S/C20H21ClN6O/c1-12-10-26(25-24-12)11-19-23-18-9-22-17-4-3-14(21)8-16(17)20(18)27(19)15-5-6-28-13(2)7-15/h3-4,8-10,13,15H,5-7,11H2,1-2H3/t13-,15-/m1/s1. The molecule has 7 nitrogen and oxygen atoms in total. The predicted molar refractivity (Wildman–Crippen MR) is 108 cm³/mol. The molecule has 0 saturated carbocycles. The van der Waals surface area contributed by atoms with Crippen LogP contribution in [-0.2, 0) is 11.3 Å². The Hall–Kier alpha value is -2.51. The summed E-state index contributed by atoms with van der Waals surface area (Å²) >= 11 is 6.32. The number of ether oxygens (including phenoxy) is 1. The lowest BCUT2D eigenvalue weighted by atomic mass is 10.0. The molecule has 0 N–H and O–H groups in total. The van der Waals surface area contributed by atoms with Crippen molar-refractivity contribution in [3.8, 4) is 0 Å². The number of aromatic nitrogens is 6. The van der Waals surface area contributed by atoms with Crippen LogP contribution in [0.25, 0.3) is 21.9 Å². The molecule has 1 aromatic carbocycles. The van der Waals surface area contributed by atoms with Crippen LogP contribution < -0.4 is 0 Å². The molecule has 8 heteroatoms. The molecule has 0 aliphatic carbocycles. The molecule has 3 aromatic heterocycles. The first kappa shape index (κ1) is 17.6. The van der Waals surface area contributed by atoms with E-state index in [1.54, 1.807) is 0 Å². The monoisotopic (exact) mass is 396 g/mol. The second kappa shape index (κ2) is 6.83. The number of imidazole rings is 1. The van der Waals surface area contributed by atoms with Crippen molar-refractivity contribution < 1.29 is 4.74 Å². The van der Waals surface area contributed by atoms with E-state index < -0.39 is 0 Å². The van der Waals surface area contributed by atoms with Crippen LogP contribution in [0.15, 0.2) is 30.6 Å². The van der Waals surface area contributed by atoms with Gasteiger partial charge in [-0.1, -0.05) is 16.8 Å². The quantitative estimate of drug-likeness (QED) is 0.524. The fraction of sp³-hybridized carbons (Fsp3) is 0.400. The number of hydrogen-bond donors (Lipinski definition) is 0. The number of nitrogens with zero attached hydrogens (tertiary/aromatic N) is 6. The molecule has 1 aliphatic rings. The molecule has 1 saturated heterocycles. The van der Waals surface area contributed by atoms with Crippen LogP contribution in [0.1, 0.15) is 37.3 Å². The maximum Gasteiger partial charge on any atom is 0.132 e. The molecule has 4 aromatic rings. The van der Waals surface area contributed by atoms with Crippen molar-refractivity contribution in [2.75, 3.05) is 6.61 Å². The molecular weight excluding hydrogens is 376 g/mol. The molecule has 0 radical (unpaired) electrons. The van der Waals surface area contributed by atoms with Gasteiger partial charge in [0.1, 0.15) is 17.9 Å². The first-order valence-electron chi connectivity index (χ1n) is 9.52. The molecular formula is C20H21ClN6O. The minimum absolute atomic E-state index is 0.217. The summed E-state index contributed by atoms with van der Waals surface area (Å²) in [7, 11) is 0. The maximum atomic E-state index is 6.32. The minimum Gasteiger partial charge on any atom is -0.378 e. The minimum atomic E-state index is 0.217. The number of pyridine rings is 1. The predicted octanol–water partition coefficient (Wildman–Crippen LogP) is 3.93. The number of aryl methyl sites for hydroxylation is 1. The highest BCUT2D eigenvalue weighted by molar-refractivity contribution is 6.31. The zero-order valence-corrected chi connectivity index (χ0v) is 16.6. The van der Waals surface area contributed by atoms with Crippen LogP contribution in [0.3, 0.4) is 0 Å². The summed E-state index contributed by atoms with van der Waals surface area (Å²) in [6.45, 7) is 5.37. The van der Waals surface area contributed by atoms with Crippen molar-refractivity contribution in [2.45, 2.75) is 45.4 Å². The van der Waals surface area contributed by atoms with Crippen LogP contribution in [0.5, 0.6) is 0 Å². The summed E-state index contributed by atoms with van der Waals surface area (Å²) in [4.78, 5) is 9.51. The van der Waals surface area contributed by atoms with Gasteiger partial charge in [0.05, 0.1) is 29.0 Å². The number of fused-ring (bicyclic) bond motifs is 3. The van der Waals surface area contributed by atoms with E-state index in [2.05, 4.69) is 26.8 Å². The van der Waals surface area contributed by atoms with Gasteiger partial charge < -0.3 is 9.30 Å². The topological polar surface area (TPSA) is 70.7 Å². The number of rotatable bonds is 3. The average molecular weight is 397 g/mol. The lowest BCUT2D eigenvalue weighted by molar-refractivity contribution is 0.00619. The third-order valence-electron chi connectivity index (χ3n) is 5.33. The highest BCUT2D eigenvalue weighted by Gasteiger charge is 2.26. The third kappa shape index (κ3) is 3.04. The van der Waals surface area contributed by atoms with Crippen molar-refractivity contribution >= 4 is 33.5 Å². The van der Waals surface area contributed by atoms with Gasteiger partial charge in [0.25, 0.3) is 0 Å². The number of halogens is 1. The molecule has 1 aliphatic heterocycles. The second-order valence-corrected chi connectivity index (χ2v) is 7.91. The molecule has 28 heavy (non-hydrogen) atoms. The first-order chi connectivity index (χ1) is 13.6. The zero-order valence-electron chi connectivity index (χ0n) is 15.8. The summed E-state index contributed by atoms with van der Waals surface area (Å²) in [5.74, 6) is 0.952. The molecule has 0 amide bonds. The Morgan fingerprint density at radius 3 is 2.96 bits per heavy atom. The van der Waals surface area contributed by atoms with E-state index in [1.807, 2.05) is 42.2 Å². The Bertz CT molecular complexity index is 1170. The molecule has 2 atom stereocenters. The fourth-order valence-corrected chi connectivity index (χ4v) is 4.30. The Balaban J connectivity index is 1.74. The Morgan fingerprint density at radius 2 is 2.18 bits per heavy atom. The van der Waals surface area contributed by atoms with Gasteiger partial charge in [0.15, 0.2) is 0 Å². The van der Waals surface area contributed by atoms with Crippen LogP contribution >= 0.6 is 11.6 Å². The van der Waals surface area contributed by atoms with Gasteiger partial charge in [-0.2, -0.15) is 0 Å². The number of benzene rings is 1. The van der Waals surface area contributed by atoms with Crippen molar-refractivity contribution in [3.05, 3.63) is 47.1 Å².